The van der Waals surface area contributed by atoms with Crippen LogP contribution in [-0.4, -0.2) is 17.0 Å². The molecule has 0 aliphatic heterocycles. The number of carboxylic acids is 1. The monoisotopic (exact) mass is 291 g/mol. The van der Waals surface area contributed by atoms with E-state index in [0.29, 0.717) is 24.4 Å². The molecule has 2 atom stereocenters. The first kappa shape index (κ1) is 15.3. The smallest absolute Gasteiger partial charge is 0.229 e. The van der Waals surface area contributed by atoms with E-state index >= 15 is 0 Å². The molecule has 0 spiro atoms. The molecule has 0 aromatic carbocycles. The van der Waals surface area contributed by atoms with Gasteiger partial charge in [0.2, 0.25) is 5.91 Å². The molecule has 1 amide bonds. The minimum absolute atomic E-state index is 0.211. The Balaban J connectivity index is 2.08. The second-order valence-electron chi connectivity index (χ2n) is 6.29. The highest BCUT2D eigenvalue weighted by Crippen LogP contribution is 2.28. The van der Waals surface area contributed by atoms with Crippen LogP contribution < -0.4 is 10.4 Å². The van der Waals surface area contributed by atoms with Gasteiger partial charge in [0.05, 0.1) is 5.92 Å². The Morgan fingerprint density at radius 3 is 2.43 bits per heavy atom. The van der Waals surface area contributed by atoms with Crippen LogP contribution >= 0.6 is 0 Å². The number of anilines is 1. The van der Waals surface area contributed by atoms with Gasteiger partial charge in [0.1, 0.15) is 5.76 Å². The van der Waals surface area contributed by atoms with E-state index in [0.717, 1.165) is 0 Å². The second-order valence-corrected chi connectivity index (χ2v) is 6.29. The number of carbonyl (C=O) groups excluding carboxylic acids is 2. The summed E-state index contributed by atoms with van der Waals surface area (Å²) in [4.78, 5) is 23.3. The molecule has 0 unspecified atom stereocenters. The molecule has 0 radical (unpaired) electrons. The summed E-state index contributed by atoms with van der Waals surface area (Å²) in [7, 11) is 0. The predicted octanol–water partition coefficient (Wildman–Crippen LogP) is 1.24. The Kier molecular flexibility index (Phi) is 4.16. The Bertz CT molecular complexity index is 568. The molecule has 6 heteroatoms. The molecule has 0 fully saturated rings. The zero-order valence-corrected chi connectivity index (χ0v) is 12.4. The SMILES string of the molecule is CC(C)(C)c1cc(NC(=O)[C@@H]2CC=CC[C@H]2C(=O)[O-])no1. The van der Waals surface area contributed by atoms with E-state index in [2.05, 4.69) is 10.5 Å². The molecule has 0 bridgehead atoms. The summed E-state index contributed by atoms with van der Waals surface area (Å²) in [6, 6.07) is 1.66. The Morgan fingerprint density at radius 1 is 1.29 bits per heavy atom. The molecular formula is C15H19N2O4-. The van der Waals surface area contributed by atoms with E-state index in [-0.39, 0.29) is 11.3 Å². The van der Waals surface area contributed by atoms with Crippen molar-refractivity contribution in [2.75, 3.05) is 5.32 Å². The number of hydrogen-bond acceptors (Lipinski definition) is 5. The highest BCUT2D eigenvalue weighted by atomic mass is 16.5. The third-order valence-electron chi connectivity index (χ3n) is 3.57. The van der Waals surface area contributed by atoms with Crippen LogP contribution in [0.1, 0.15) is 39.4 Å². The van der Waals surface area contributed by atoms with Gasteiger partial charge in [-0.15, -0.1) is 0 Å². The van der Waals surface area contributed by atoms with Crippen molar-refractivity contribution in [3.63, 3.8) is 0 Å². The van der Waals surface area contributed by atoms with Gasteiger partial charge in [0, 0.05) is 23.4 Å². The van der Waals surface area contributed by atoms with Crippen LogP contribution in [0.3, 0.4) is 0 Å². The summed E-state index contributed by atoms with van der Waals surface area (Å²) in [5.74, 6) is -2.06. The average Bonchev–Trinajstić information content (AvgIpc) is 2.87. The van der Waals surface area contributed by atoms with E-state index in [4.69, 9.17) is 4.52 Å². The van der Waals surface area contributed by atoms with Gasteiger partial charge in [-0.05, 0) is 12.8 Å². The maximum Gasteiger partial charge on any atom is 0.229 e. The van der Waals surface area contributed by atoms with Crippen molar-refractivity contribution in [2.45, 2.75) is 39.0 Å². The number of allylic oxidation sites excluding steroid dienone is 2. The summed E-state index contributed by atoms with van der Waals surface area (Å²) in [5, 5.41) is 17.5. The zero-order chi connectivity index (χ0) is 15.6. The molecule has 0 saturated carbocycles. The van der Waals surface area contributed by atoms with Crippen molar-refractivity contribution >= 4 is 17.7 Å². The fourth-order valence-corrected chi connectivity index (χ4v) is 2.27. The summed E-state index contributed by atoms with van der Waals surface area (Å²) < 4.78 is 5.18. The van der Waals surface area contributed by atoms with Crippen molar-refractivity contribution in [1.82, 2.24) is 5.16 Å². The predicted molar refractivity (Wildman–Crippen MR) is 74.2 cm³/mol. The van der Waals surface area contributed by atoms with Gasteiger partial charge in [0.25, 0.3) is 0 Å². The number of carboxylic acid groups (broad SMARTS) is 1. The lowest BCUT2D eigenvalue weighted by molar-refractivity contribution is -0.313. The van der Waals surface area contributed by atoms with Crippen LogP contribution in [-0.2, 0) is 15.0 Å². The molecule has 114 valence electrons. The van der Waals surface area contributed by atoms with E-state index < -0.39 is 17.8 Å². The topological polar surface area (TPSA) is 95.3 Å². The lowest BCUT2D eigenvalue weighted by Gasteiger charge is -2.27. The summed E-state index contributed by atoms with van der Waals surface area (Å²) >= 11 is 0. The molecule has 1 heterocycles. The molecule has 1 aliphatic rings. The van der Waals surface area contributed by atoms with Crippen LogP contribution in [0.15, 0.2) is 22.7 Å². The minimum Gasteiger partial charge on any atom is -0.550 e. The van der Waals surface area contributed by atoms with E-state index in [1.165, 1.54) is 0 Å². The zero-order valence-electron chi connectivity index (χ0n) is 12.4. The highest BCUT2D eigenvalue weighted by Gasteiger charge is 2.30. The normalized spacial score (nSPS) is 22.0. The molecule has 21 heavy (non-hydrogen) atoms. The van der Waals surface area contributed by atoms with Crippen molar-refractivity contribution < 1.29 is 19.2 Å². The van der Waals surface area contributed by atoms with Crippen molar-refractivity contribution in [1.29, 1.82) is 0 Å². The van der Waals surface area contributed by atoms with Gasteiger partial charge in [-0.25, -0.2) is 0 Å². The maximum absolute atomic E-state index is 12.2. The second kappa shape index (κ2) is 5.71. The molecular weight excluding hydrogens is 272 g/mol. The first-order valence-electron chi connectivity index (χ1n) is 6.93. The largest absolute Gasteiger partial charge is 0.550 e. The number of carbonyl (C=O) groups is 2. The quantitative estimate of drug-likeness (QED) is 0.845. The van der Waals surface area contributed by atoms with Gasteiger partial charge in [-0.2, -0.15) is 0 Å². The maximum atomic E-state index is 12.2. The van der Waals surface area contributed by atoms with E-state index in [1.807, 2.05) is 26.8 Å². The number of aliphatic carboxylic acids is 1. The number of nitrogens with zero attached hydrogens (tertiary/aromatic N) is 1. The molecule has 1 aliphatic carbocycles. The number of aromatic nitrogens is 1. The lowest BCUT2D eigenvalue weighted by atomic mass is 9.82. The summed E-state index contributed by atoms with van der Waals surface area (Å²) in [6.07, 6.45) is 4.27. The molecule has 1 aromatic rings. The fraction of sp³-hybridized carbons (Fsp3) is 0.533. The Hall–Kier alpha value is -2.11. The highest BCUT2D eigenvalue weighted by molar-refractivity contribution is 5.94. The molecule has 1 aromatic heterocycles. The van der Waals surface area contributed by atoms with Gasteiger partial charge >= 0.3 is 0 Å². The number of rotatable bonds is 3. The summed E-state index contributed by atoms with van der Waals surface area (Å²) in [6.45, 7) is 5.91. The first-order chi connectivity index (χ1) is 9.79. The Morgan fingerprint density at radius 2 is 1.90 bits per heavy atom. The first-order valence-corrected chi connectivity index (χ1v) is 6.93. The number of nitrogens with one attached hydrogen (secondary N) is 1. The van der Waals surface area contributed by atoms with Crippen LogP contribution in [0.4, 0.5) is 5.82 Å². The van der Waals surface area contributed by atoms with Crippen LogP contribution in [0.2, 0.25) is 0 Å². The van der Waals surface area contributed by atoms with Crippen molar-refractivity contribution in [3.05, 3.63) is 24.0 Å². The van der Waals surface area contributed by atoms with E-state index in [1.54, 1.807) is 12.1 Å². The van der Waals surface area contributed by atoms with Gasteiger partial charge in [-0.1, -0.05) is 38.1 Å². The molecule has 0 saturated heterocycles. The Labute approximate surface area is 123 Å². The van der Waals surface area contributed by atoms with Crippen molar-refractivity contribution in [2.24, 2.45) is 11.8 Å². The van der Waals surface area contributed by atoms with Gasteiger partial charge in [-0.3, -0.25) is 4.79 Å². The number of amides is 1. The van der Waals surface area contributed by atoms with Gasteiger partial charge in [0.15, 0.2) is 5.82 Å². The molecule has 2 rings (SSSR count). The number of hydrogen-bond donors (Lipinski definition) is 1. The lowest BCUT2D eigenvalue weighted by Crippen LogP contribution is -2.41. The van der Waals surface area contributed by atoms with Crippen LogP contribution in [0.5, 0.6) is 0 Å². The van der Waals surface area contributed by atoms with Crippen LogP contribution in [0, 0.1) is 11.8 Å². The van der Waals surface area contributed by atoms with Crippen LogP contribution in [0.25, 0.3) is 0 Å². The fourth-order valence-electron chi connectivity index (χ4n) is 2.27. The molecule has 6 nitrogen and oxygen atoms in total. The average molecular weight is 291 g/mol. The third kappa shape index (κ3) is 3.51. The standard InChI is InChI=1S/C15H20N2O4/c1-15(2,3)11-8-12(17-21-11)16-13(18)9-6-4-5-7-10(9)14(19)20/h4-5,8-10H,6-7H2,1-3H3,(H,19,20)(H,16,17,18)/p-1/t9-,10-/m1/s1. The summed E-state index contributed by atoms with van der Waals surface area (Å²) in [5.41, 5.74) is -0.211. The molecule has 1 N–H and O–H groups in total. The van der Waals surface area contributed by atoms with E-state index in [9.17, 15) is 14.7 Å². The van der Waals surface area contributed by atoms with Crippen molar-refractivity contribution in [3.8, 4) is 0 Å². The third-order valence-corrected chi connectivity index (χ3v) is 3.57. The minimum atomic E-state index is -1.20. The van der Waals surface area contributed by atoms with Gasteiger partial charge < -0.3 is 19.7 Å².